The highest BCUT2D eigenvalue weighted by Crippen LogP contribution is 2.22. The maximum Gasteiger partial charge on any atom is 0.407 e. The summed E-state index contributed by atoms with van der Waals surface area (Å²) in [7, 11) is 0. The number of hydrogen-bond acceptors (Lipinski definition) is 3. The van der Waals surface area contributed by atoms with Crippen molar-refractivity contribution in [3.63, 3.8) is 0 Å². The minimum atomic E-state index is -0.451. The van der Waals surface area contributed by atoms with Gasteiger partial charge in [0, 0.05) is 31.2 Å². The Bertz CT molecular complexity index is 511. The number of amides is 1. The van der Waals surface area contributed by atoms with Gasteiger partial charge in [0.2, 0.25) is 0 Å². The molecular weight excluding hydrogens is 288 g/mol. The van der Waals surface area contributed by atoms with Gasteiger partial charge in [-0.2, -0.15) is 0 Å². The Hall–Kier alpha value is -1.26. The number of benzene rings is 1. The van der Waals surface area contributed by atoms with Crippen LogP contribution in [0.1, 0.15) is 31.9 Å². The van der Waals surface area contributed by atoms with E-state index in [0.29, 0.717) is 6.54 Å². The molecule has 0 aliphatic carbocycles. The first-order valence-electron chi connectivity index (χ1n) is 7.30. The fourth-order valence-corrected chi connectivity index (χ4v) is 2.60. The molecule has 1 aliphatic rings. The van der Waals surface area contributed by atoms with Crippen molar-refractivity contribution in [3.05, 3.63) is 34.3 Å². The third-order valence-electron chi connectivity index (χ3n) is 3.36. The molecular formula is C16H23ClN2O2. The lowest BCUT2D eigenvalue weighted by Gasteiger charge is -2.29. The van der Waals surface area contributed by atoms with Gasteiger partial charge in [-0.05, 0) is 50.5 Å². The maximum absolute atomic E-state index is 11.6. The molecule has 0 unspecified atom stereocenters. The third-order valence-corrected chi connectivity index (χ3v) is 3.59. The van der Waals surface area contributed by atoms with Crippen molar-refractivity contribution in [2.75, 3.05) is 19.6 Å². The van der Waals surface area contributed by atoms with E-state index in [2.05, 4.69) is 16.3 Å². The molecule has 4 nitrogen and oxygen atoms in total. The molecule has 0 fully saturated rings. The molecule has 0 radical (unpaired) electrons. The van der Waals surface area contributed by atoms with Gasteiger partial charge in [-0.1, -0.05) is 17.7 Å². The van der Waals surface area contributed by atoms with Crippen molar-refractivity contribution in [3.8, 4) is 0 Å². The number of halogens is 1. The summed E-state index contributed by atoms with van der Waals surface area (Å²) in [5, 5.41) is 3.60. The normalized spacial score (nSPS) is 15.4. The zero-order valence-electron chi connectivity index (χ0n) is 12.9. The number of carbonyl (C=O) groups excluding carboxylic acids is 1. The number of rotatable bonds is 3. The summed E-state index contributed by atoms with van der Waals surface area (Å²) in [6, 6.07) is 6.07. The van der Waals surface area contributed by atoms with Gasteiger partial charge in [0.15, 0.2) is 0 Å². The summed E-state index contributed by atoms with van der Waals surface area (Å²) >= 11 is 6.01. The van der Waals surface area contributed by atoms with Crippen LogP contribution in [0, 0.1) is 0 Å². The summed E-state index contributed by atoms with van der Waals surface area (Å²) in [6.07, 6.45) is 0.647. The minimum absolute atomic E-state index is 0.355. The summed E-state index contributed by atoms with van der Waals surface area (Å²) in [4.78, 5) is 13.9. The van der Waals surface area contributed by atoms with E-state index in [9.17, 15) is 4.79 Å². The summed E-state index contributed by atoms with van der Waals surface area (Å²) in [5.74, 6) is 0. The third kappa shape index (κ3) is 5.21. The van der Waals surface area contributed by atoms with E-state index >= 15 is 0 Å². The zero-order valence-corrected chi connectivity index (χ0v) is 13.7. The molecule has 0 atom stereocenters. The second kappa shape index (κ2) is 6.67. The molecule has 116 valence electrons. The van der Waals surface area contributed by atoms with Crippen molar-refractivity contribution >= 4 is 17.7 Å². The van der Waals surface area contributed by atoms with Crippen LogP contribution in [0.25, 0.3) is 0 Å². The molecule has 1 heterocycles. The molecule has 0 bridgehead atoms. The van der Waals surface area contributed by atoms with Crippen molar-refractivity contribution in [2.24, 2.45) is 0 Å². The lowest BCUT2D eigenvalue weighted by atomic mass is 10.00. The molecule has 1 N–H and O–H groups in total. The number of alkyl carbamates (subject to hydrolysis) is 1. The first-order valence-corrected chi connectivity index (χ1v) is 7.68. The fourth-order valence-electron chi connectivity index (χ4n) is 2.40. The van der Waals surface area contributed by atoms with Gasteiger partial charge in [-0.15, -0.1) is 0 Å². The van der Waals surface area contributed by atoms with Crippen molar-refractivity contribution in [1.29, 1.82) is 0 Å². The molecule has 0 saturated heterocycles. The standard InChI is InChI=1S/C16H23ClN2O2/c1-16(2,3)21-15(20)18-7-9-19-8-6-12-10-14(17)5-4-13(12)11-19/h4-5,10H,6-9,11H2,1-3H3,(H,18,20). The second-order valence-electron chi connectivity index (χ2n) is 6.37. The van der Waals surface area contributed by atoms with Gasteiger partial charge in [0.25, 0.3) is 0 Å². The smallest absolute Gasteiger partial charge is 0.407 e. The first kappa shape index (κ1) is 16.1. The fraction of sp³-hybridized carbons (Fsp3) is 0.562. The monoisotopic (exact) mass is 310 g/mol. The Balaban J connectivity index is 1.76. The van der Waals surface area contributed by atoms with Crippen LogP contribution < -0.4 is 5.32 Å². The largest absolute Gasteiger partial charge is 0.444 e. The first-order chi connectivity index (χ1) is 9.83. The Morgan fingerprint density at radius 3 is 2.86 bits per heavy atom. The van der Waals surface area contributed by atoms with Gasteiger partial charge < -0.3 is 10.1 Å². The molecule has 0 saturated carbocycles. The predicted molar refractivity (Wildman–Crippen MR) is 84.7 cm³/mol. The molecule has 21 heavy (non-hydrogen) atoms. The number of nitrogens with zero attached hydrogens (tertiary/aromatic N) is 1. The van der Waals surface area contributed by atoms with Crippen molar-refractivity contribution < 1.29 is 9.53 Å². The van der Waals surface area contributed by atoms with Gasteiger partial charge in [-0.25, -0.2) is 4.79 Å². The highest BCUT2D eigenvalue weighted by Gasteiger charge is 2.18. The van der Waals surface area contributed by atoms with Gasteiger partial charge in [-0.3, -0.25) is 4.90 Å². The molecule has 1 aliphatic heterocycles. The highest BCUT2D eigenvalue weighted by molar-refractivity contribution is 6.30. The molecule has 0 spiro atoms. The summed E-state index contributed by atoms with van der Waals surface area (Å²) < 4.78 is 5.21. The van der Waals surface area contributed by atoms with Gasteiger partial charge in [0.1, 0.15) is 5.60 Å². The van der Waals surface area contributed by atoms with Gasteiger partial charge >= 0.3 is 6.09 Å². The lowest BCUT2D eigenvalue weighted by Crippen LogP contribution is -2.39. The van der Waals surface area contributed by atoms with E-state index in [1.54, 1.807) is 0 Å². The van der Waals surface area contributed by atoms with E-state index in [1.165, 1.54) is 11.1 Å². The van der Waals surface area contributed by atoms with Crippen LogP contribution in [0.4, 0.5) is 4.79 Å². The van der Waals surface area contributed by atoms with Crippen LogP contribution in [0.2, 0.25) is 5.02 Å². The van der Waals surface area contributed by atoms with Crippen LogP contribution in [0.15, 0.2) is 18.2 Å². The number of carbonyl (C=O) groups is 1. The van der Waals surface area contributed by atoms with Crippen LogP contribution in [0.5, 0.6) is 0 Å². The summed E-state index contributed by atoms with van der Waals surface area (Å²) in [6.45, 7) is 8.89. The number of ether oxygens (including phenoxy) is 1. The molecule has 0 aromatic heterocycles. The SMILES string of the molecule is CC(C)(C)OC(=O)NCCN1CCc2cc(Cl)ccc2C1. The van der Waals surface area contributed by atoms with Crippen LogP contribution in [0.3, 0.4) is 0 Å². The molecule has 1 amide bonds. The van der Waals surface area contributed by atoms with Crippen LogP contribution in [-0.2, 0) is 17.7 Å². The second-order valence-corrected chi connectivity index (χ2v) is 6.80. The van der Waals surface area contributed by atoms with E-state index in [0.717, 1.165) is 31.1 Å². The van der Waals surface area contributed by atoms with Crippen LogP contribution in [-0.4, -0.2) is 36.2 Å². The minimum Gasteiger partial charge on any atom is -0.444 e. The Kier molecular flexibility index (Phi) is 5.12. The maximum atomic E-state index is 11.6. The van der Waals surface area contributed by atoms with E-state index in [-0.39, 0.29) is 6.09 Å². The molecule has 2 rings (SSSR count). The number of fused-ring (bicyclic) bond motifs is 1. The van der Waals surface area contributed by atoms with Crippen molar-refractivity contribution in [2.45, 2.75) is 39.3 Å². The Morgan fingerprint density at radius 2 is 2.14 bits per heavy atom. The number of nitrogens with one attached hydrogen (secondary N) is 1. The lowest BCUT2D eigenvalue weighted by molar-refractivity contribution is 0.0521. The number of hydrogen-bond donors (Lipinski definition) is 1. The van der Waals surface area contributed by atoms with E-state index < -0.39 is 5.60 Å². The zero-order chi connectivity index (χ0) is 15.5. The molecule has 1 aromatic rings. The Labute approximate surface area is 131 Å². The van der Waals surface area contributed by atoms with Crippen molar-refractivity contribution in [1.82, 2.24) is 10.2 Å². The van der Waals surface area contributed by atoms with E-state index in [4.69, 9.17) is 16.3 Å². The molecule has 5 heteroatoms. The van der Waals surface area contributed by atoms with Crippen LogP contribution >= 0.6 is 11.6 Å². The van der Waals surface area contributed by atoms with Gasteiger partial charge in [0.05, 0.1) is 0 Å². The topological polar surface area (TPSA) is 41.6 Å². The highest BCUT2D eigenvalue weighted by atomic mass is 35.5. The predicted octanol–water partition coefficient (Wildman–Crippen LogP) is 3.22. The quantitative estimate of drug-likeness (QED) is 0.932. The average Bonchev–Trinajstić information content (AvgIpc) is 2.36. The van der Waals surface area contributed by atoms with E-state index in [1.807, 2.05) is 32.9 Å². The Morgan fingerprint density at radius 1 is 1.38 bits per heavy atom. The molecule has 1 aromatic carbocycles. The summed E-state index contributed by atoms with van der Waals surface area (Å²) in [5.41, 5.74) is 2.20. The average molecular weight is 311 g/mol.